The number of nitrogens with one attached hydrogen (secondary N) is 1. The Kier molecular flexibility index (Phi) is 6.16. The number of anilines is 1. The van der Waals surface area contributed by atoms with Crippen LogP contribution in [0.2, 0.25) is 0 Å². The lowest BCUT2D eigenvalue weighted by molar-refractivity contribution is -0.142. The van der Waals surface area contributed by atoms with Gasteiger partial charge < -0.3 is 10.1 Å². The van der Waals surface area contributed by atoms with Crippen molar-refractivity contribution in [2.45, 2.75) is 25.8 Å². The van der Waals surface area contributed by atoms with Crippen LogP contribution in [-0.4, -0.2) is 30.1 Å². The summed E-state index contributed by atoms with van der Waals surface area (Å²) < 4.78 is 5.08. The lowest BCUT2D eigenvalue weighted by atomic mass is 10.1. The SMILES string of the molecule is CC(NC(=O)COC(=O)C1=NN(c2ccccc2)C(=O)CC1)c1ccccc1. The molecule has 1 aliphatic rings. The van der Waals surface area contributed by atoms with Crippen LogP contribution in [0.15, 0.2) is 65.8 Å². The molecular formula is C21H21N3O4. The van der Waals surface area contributed by atoms with Crippen LogP contribution in [0.25, 0.3) is 0 Å². The third-order valence-electron chi connectivity index (χ3n) is 4.28. The van der Waals surface area contributed by atoms with E-state index in [1.165, 1.54) is 5.01 Å². The number of para-hydroxylation sites is 1. The molecule has 2 aromatic carbocycles. The van der Waals surface area contributed by atoms with Crippen LogP contribution in [0, 0.1) is 0 Å². The van der Waals surface area contributed by atoms with Crippen LogP contribution in [0.5, 0.6) is 0 Å². The van der Waals surface area contributed by atoms with Gasteiger partial charge in [0.2, 0.25) is 5.91 Å². The minimum Gasteiger partial charge on any atom is -0.451 e. The smallest absolute Gasteiger partial charge is 0.355 e. The molecule has 1 unspecified atom stereocenters. The molecule has 2 amide bonds. The topological polar surface area (TPSA) is 88.1 Å². The number of benzene rings is 2. The molecule has 7 nitrogen and oxygen atoms in total. The number of carbonyl (C=O) groups excluding carboxylic acids is 3. The molecule has 0 aliphatic carbocycles. The second-order valence-electron chi connectivity index (χ2n) is 6.36. The van der Waals surface area contributed by atoms with Gasteiger partial charge in [-0.25, -0.2) is 9.80 Å². The molecule has 1 heterocycles. The van der Waals surface area contributed by atoms with Crippen LogP contribution in [0.3, 0.4) is 0 Å². The molecule has 2 aromatic rings. The molecular weight excluding hydrogens is 358 g/mol. The van der Waals surface area contributed by atoms with Gasteiger partial charge in [-0.1, -0.05) is 48.5 Å². The molecule has 144 valence electrons. The Morgan fingerprint density at radius 1 is 1.07 bits per heavy atom. The number of amides is 2. The molecule has 28 heavy (non-hydrogen) atoms. The average molecular weight is 379 g/mol. The maximum absolute atomic E-state index is 12.3. The van der Waals surface area contributed by atoms with Crippen LogP contribution in [-0.2, 0) is 19.1 Å². The van der Waals surface area contributed by atoms with Gasteiger partial charge in [-0.05, 0) is 24.6 Å². The van der Waals surface area contributed by atoms with Crippen molar-refractivity contribution in [3.05, 3.63) is 66.2 Å². The second-order valence-corrected chi connectivity index (χ2v) is 6.36. The van der Waals surface area contributed by atoms with Crippen LogP contribution in [0.4, 0.5) is 5.69 Å². The van der Waals surface area contributed by atoms with E-state index in [9.17, 15) is 14.4 Å². The van der Waals surface area contributed by atoms with Gasteiger partial charge in [0.15, 0.2) is 6.61 Å². The van der Waals surface area contributed by atoms with Crippen molar-refractivity contribution in [1.29, 1.82) is 0 Å². The third kappa shape index (κ3) is 4.82. The highest BCUT2D eigenvalue weighted by molar-refractivity contribution is 6.38. The monoisotopic (exact) mass is 379 g/mol. The molecule has 0 spiro atoms. The van der Waals surface area contributed by atoms with Gasteiger partial charge in [-0.3, -0.25) is 9.59 Å². The van der Waals surface area contributed by atoms with E-state index in [4.69, 9.17) is 4.74 Å². The summed E-state index contributed by atoms with van der Waals surface area (Å²) >= 11 is 0. The van der Waals surface area contributed by atoms with E-state index in [-0.39, 0.29) is 30.5 Å². The lowest BCUT2D eigenvalue weighted by Crippen LogP contribution is -2.36. The number of nitrogens with zero attached hydrogens (tertiary/aromatic N) is 2. The standard InChI is InChI=1S/C21H21N3O4/c1-15(16-8-4-2-5-9-16)22-19(25)14-28-21(27)18-12-13-20(26)24(23-18)17-10-6-3-7-11-17/h2-11,15H,12-14H2,1H3,(H,22,25). The third-order valence-corrected chi connectivity index (χ3v) is 4.28. The molecule has 0 saturated heterocycles. The zero-order valence-corrected chi connectivity index (χ0v) is 15.5. The van der Waals surface area contributed by atoms with Crippen LogP contribution in [0.1, 0.15) is 31.4 Å². The summed E-state index contributed by atoms with van der Waals surface area (Å²) in [4.78, 5) is 36.4. The van der Waals surface area contributed by atoms with E-state index in [0.29, 0.717) is 5.69 Å². The fourth-order valence-corrected chi connectivity index (χ4v) is 2.79. The van der Waals surface area contributed by atoms with Crippen molar-refractivity contribution >= 4 is 29.2 Å². The van der Waals surface area contributed by atoms with E-state index < -0.39 is 18.5 Å². The first kappa shape index (κ1) is 19.3. The molecule has 0 aromatic heterocycles. The Hall–Kier alpha value is -3.48. The summed E-state index contributed by atoms with van der Waals surface area (Å²) in [5.74, 6) is -1.30. The van der Waals surface area contributed by atoms with Crippen molar-refractivity contribution in [3.8, 4) is 0 Å². The summed E-state index contributed by atoms with van der Waals surface area (Å²) in [5, 5.41) is 8.08. The molecule has 0 saturated carbocycles. The number of esters is 1. The van der Waals surface area contributed by atoms with Gasteiger partial charge in [0.1, 0.15) is 5.71 Å². The van der Waals surface area contributed by atoms with Crippen LogP contribution < -0.4 is 10.3 Å². The number of ether oxygens (including phenoxy) is 1. The van der Waals surface area contributed by atoms with Gasteiger partial charge in [0.05, 0.1) is 11.7 Å². The zero-order chi connectivity index (χ0) is 19.9. The van der Waals surface area contributed by atoms with Gasteiger partial charge in [-0.15, -0.1) is 0 Å². The largest absolute Gasteiger partial charge is 0.451 e. The predicted octanol–water partition coefficient (Wildman–Crippen LogP) is 2.59. The Morgan fingerprint density at radius 2 is 1.71 bits per heavy atom. The highest BCUT2D eigenvalue weighted by Gasteiger charge is 2.26. The minimum absolute atomic E-state index is 0.118. The van der Waals surface area contributed by atoms with Gasteiger partial charge >= 0.3 is 5.97 Å². The Balaban J connectivity index is 1.57. The van der Waals surface area contributed by atoms with Gasteiger partial charge in [-0.2, -0.15) is 5.10 Å². The molecule has 3 rings (SSSR count). The number of hydrogen-bond donors (Lipinski definition) is 1. The average Bonchev–Trinajstić information content (AvgIpc) is 2.73. The maximum atomic E-state index is 12.3. The molecule has 7 heteroatoms. The molecule has 0 fully saturated rings. The van der Waals surface area contributed by atoms with E-state index in [1.54, 1.807) is 24.3 Å². The molecule has 0 bridgehead atoms. The molecule has 1 aliphatic heterocycles. The van der Waals surface area contributed by atoms with E-state index in [1.807, 2.05) is 43.3 Å². The molecule has 1 atom stereocenters. The number of hydrazone groups is 1. The highest BCUT2D eigenvalue weighted by atomic mass is 16.5. The van der Waals surface area contributed by atoms with Gasteiger partial charge in [0.25, 0.3) is 5.91 Å². The summed E-state index contributed by atoms with van der Waals surface area (Å²) in [6, 6.07) is 18.1. The van der Waals surface area contributed by atoms with Crippen LogP contribution >= 0.6 is 0 Å². The first-order valence-corrected chi connectivity index (χ1v) is 9.01. The fourth-order valence-electron chi connectivity index (χ4n) is 2.79. The quantitative estimate of drug-likeness (QED) is 0.782. The summed E-state index contributed by atoms with van der Waals surface area (Å²) in [5.41, 5.74) is 1.65. The van der Waals surface area contributed by atoms with E-state index in [0.717, 1.165) is 5.56 Å². The van der Waals surface area contributed by atoms with Crippen molar-refractivity contribution < 1.29 is 19.1 Å². The second kappa shape index (κ2) is 8.94. The van der Waals surface area contributed by atoms with Crippen molar-refractivity contribution in [3.63, 3.8) is 0 Å². The first-order chi connectivity index (χ1) is 13.5. The van der Waals surface area contributed by atoms with Crippen molar-refractivity contribution in [2.75, 3.05) is 11.6 Å². The summed E-state index contributed by atoms with van der Waals surface area (Å²) in [6.07, 6.45) is 0.336. The van der Waals surface area contributed by atoms with E-state index in [2.05, 4.69) is 10.4 Å². The lowest BCUT2D eigenvalue weighted by Gasteiger charge is -2.22. The number of rotatable bonds is 6. The first-order valence-electron chi connectivity index (χ1n) is 9.01. The number of hydrogen-bond acceptors (Lipinski definition) is 5. The Labute approximate surface area is 163 Å². The Bertz CT molecular complexity index is 881. The van der Waals surface area contributed by atoms with Crippen molar-refractivity contribution in [1.82, 2.24) is 5.32 Å². The molecule has 1 N–H and O–H groups in total. The summed E-state index contributed by atoms with van der Waals surface area (Å²) in [6.45, 7) is 1.44. The zero-order valence-electron chi connectivity index (χ0n) is 15.5. The van der Waals surface area contributed by atoms with Crippen molar-refractivity contribution in [2.24, 2.45) is 5.10 Å². The minimum atomic E-state index is -0.698. The van der Waals surface area contributed by atoms with E-state index >= 15 is 0 Å². The number of carbonyl (C=O) groups is 3. The molecule has 0 radical (unpaired) electrons. The maximum Gasteiger partial charge on any atom is 0.355 e. The fraction of sp³-hybridized carbons (Fsp3) is 0.238. The summed E-state index contributed by atoms with van der Waals surface area (Å²) in [7, 11) is 0. The highest BCUT2D eigenvalue weighted by Crippen LogP contribution is 2.20. The Morgan fingerprint density at radius 3 is 2.39 bits per heavy atom. The van der Waals surface area contributed by atoms with Gasteiger partial charge in [0, 0.05) is 12.8 Å². The normalized spacial score (nSPS) is 14.8. The predicted molar refractivity (Wildman–Crippen MR) is 105 cm³/mol.